The fraction of sp³-hybridized carbons (Fsp3) is 0.667. The van der Waals surface area contributed by atoms with Gasteiger partial charge in [-0.1, -0.05) is 0 Å². The van der Waals surface area contributed by atoms with Crippen LogP contribution in [0, 0.1) is 5.92 Å². The van der Waals surface area contributed by atoms with Crippen LogP contribution in [0.5, 0.6) is 5.75 Å². The van der Waals surface area contributed by atoms with E-state index in [1.165, 1.54) is 0 Å². The number of nitrogens with zero attached hydrogens (tertiary/aromatic N) is 2. The normalized spacial score (nSPS) is 24.1. The van der Waals surface area contributed by atoms with Crippen molar-refractivity contribution in [3.05, 3.63) is 24.0 Å². The predicted molar refractivity (Wildman–Crippen MR) is 88.6 cm³/mol. The standard InChI is InChI=1S/C18H26N2O4/c21-17-4-3-9-19-16(17)13-23-15-7-5-14(6-8-15)12-24-18(22)20-10-1-2-11-20/h3-4,9,14-15,21H,1-2,5-8,10-13H2. The number of aromatic nitrogens is 1. The second kappa shape index (κ2) is 8.33. The highest BCUT2D eigenvalue weighted by Gasteiger charge is 2.25. The van der Waals surface area contributed by atoms with E-state index in [9.17, 15) is 9.90 Å². The van der Waals surface area contributed by atoms with E-state index in [0.717, 1.165) is 51.6 Å². The zero-order valence-corrected chi connectivity index (χ0v) is 14.0. The Labute approximate surface area is 142 Å². The van der Waals surface area contributed by atoms with Crippen molar-refractivity contribution in [3.63, 3.8) is 0 Å². The highest BCUT2D eigenvalue weighted by molar-refractivity contribution is 5.67. The molecule has 0 aromatic carbocycles. The molecule has 2 fully saturated rings. The van der Waals surface area contributed by atoms with E-state index in [2.05, 4.69) is 4.98 Å². The minimum Gasteiger partial charge on any atom is -0.506 e. The first kappa shape index (κ1) is 17.0. The molecular formula is C18H26N2O4. The molecule has 6 nitrogen and oxygen atoms in total. The van der Waals surface area contributed by atoms with Gasteiger partial charge in [-0.3, -0.25) is 4.98 Å². The van der Waals surface area contributed by atoms with Gasteiger partial charge < -0.3 is 19.5 Å². The fourth-order valence-corrected chi connectivity index (χ4v) is 3.38. The van der Waals surface area contributed by atoms with Crippen LogP contribution in [0.1, 0.15) is 44.2 Å². The summed E-state index contributed by atoms with van der Waals surface area (Å²) in [4.78, 5) is 17.8. The SMILES string of the molecule is O=C(OCC1CCC(OCc2ncccc2O)CC1)N1CCCC1. The van der Waals surface area contributed by atoms with Crippen LogP contribution in [0.15, 0.2) is 18.3 Å². The lowest BCUT2D eigenvalue weighted by atomic mass is 9.88. The zero-order valence-electron chi connectivity index (χ0n) is 14.0. The Kier molecular flexibility index (Phi) is 5.91. The van der Waals surface area contributed by atoms with Gasteiger partial charge in [0, 0.05) is 19.3 Å². The lowest BCUT2D eigenvalue weighted by Gasteiger charge is -2.28. The van der Waals surface area contributed by atoms with Gasteiger partial charge in [0.25, 0.3) is 0 Å². The third-order valence-electron chi connectivity index (χ3n) is 4.92. The first-order valence-corrected chi connectivity index (χ1v) is 8.88. The maximum atomic E-state index is 11.9. The summed E-state index contributed by atoms with van der Waals surface area (Å²) < 4.78 is 11.3. The molecule has 0 atom stereocenters. The summed E-state index contributed by atoms with van der Waals surface area (Å²) in [5.41, 5.74) is 0.583. The van der Waals surface area contributed by atoms with Crippen LogP contribution in [0.2, 0.25) is 0 Å². The molecule has 1 aliphatic carbocycles. The molecule has 1 aromatic rings. The molecular weight excluding hydrogens is 308 g/mol. The number of aromatic hydroxyl groups is 1. The number of hydrogen-bond acceptors (Lipinski definition) is 5. The van der Waals surface area contributed by atoms with E-state index in [-0.39, 0.29) is 17.9 Å². The van der Waals surface area contributed by atoms with Crippen LogP contribution >= 0.6 is 0 Å². The van der Waals surface area contributed by atoms with E-state index in [1.54, 1.807) is 23.2 Å². The minimum absolute atomic E-state index is 0.156. The molecule has 0 spiro atoms. The van der Waals surface area contributed by atoms with Gasteiger partial charge in [0.05, 0.1) is 19.3 Å². The third kappa shape index (κ3) is 4.60. The first-order chi connectivity index (χ1) is 11.7. The average molecular weight is 334 g/mol. The maximum absolute atomic E-state index is 11.9. The van der Waals surface area contributed by atoms with E-state index in [0.29, 0.717) is 24.8 Å². The molecule has 1 N–H and O–H groups in total. The molecule has 0 unspecified atom stereocenters. The van der Waals surface area contributed by atoms with Crippen LogP contribution in [0.3, 0.4) is 0 Å². The van der Waals surface area contributed by atoms with Crippen LogP contribution in [-0.4, -0.2) is 46.9 Å². The van der Waals surface area contributed by atoms with Crippen molar-refractivity contribution in [1.29, 1.82) is 0 Å². The van der Waals surface area contributed by atoms with Gasteiger partial charge in [-0.25, -0.2) is 4.79 Å². The lowest BCUT2D eigenvalue weighted by molar-refractivity contribution is -0.00374. The molecule has 0 radical (unpaired) electrons. The van der Waals surface area contributed by atoms with E-state index >= 15 is 0 Å². The second-order valence-corrected chi connectivity index (χ2v) is 6.69. The minimum atomic E-state index is -0.156. The van der Waals surface area contributed by atoms with Gasteiger partial charge >= 0.3 is 6.09 Å². The third-order valence-corrected chi connectivity index (χ3v) is 4.92. The zero-order chi connectivity index (χ0) is 16.8. The van der Waals surface area contributed by atoms with Gasteiger partial charge in [0.15, 0.2) is 0 Å². The Hall–Kier alpha value is -1.82. The van der Waals surface area contributed by atoms with Crippen LogP contribution < -0.4 is 0 Å². The number of carbonyl (C=O) groups excluding carboxylic acids is 1. The predicted octanol–water partition coefficient (Wildman–Crippen LogP) is 3.10. The Morgan fingerprint density at radius 2 is 2.00 bits per heavy atom. The van der Waals surface area contributed by atoms with Crippen molar-refractivity contribution in [2.75, 3.05) is 19.7 Å². The Balaban J connectivity index is 1.33. The lowest BCUT2D eigenvalue weighted by Crippen LogP contribution is -2.31. The molecule has 1 amide bonds. The van der Waals surface area contributed by atoms with E-state index in [4.69, 9.17) is 9.47 Å². The number of amides is 1. The monoisotopic (exact) mass is 334 g/mol. The van der Waals surface area contributed by atoms with Crippen molar-refractivity contribution in [1.82, 2.24) is 9.88 Å². The number of likely N-dealkylation sites (tertiary alicyclic amines) is 1. The molecule has 0 bridgehead atoms. The summed E-state index contributed by atoms with van der Waals surface area (Å²) in [6, 6.07) is 3.32. The first-order valence-electron chi connectivity index (χ1n) is 8.88. The summed E-state index contributed by atoms with van der Waals surface area (Å²) in [6.07, 6.45) is 7.79. The molecule has 24 heavy (non-hydrogen) atoms. The summed E-state index contributed by atoms with van der Waals surface area (Å²) in [6.45, 7) is 2.52. The molecule has 1 saturated carbocycles. The van der Waals surface area contributed by atoms with Crippen LogP contribution in [-0.2, 0) is 16.1 Å². The molecule has 1 aliphatic heterocycles. The quantitative estimate of drug-likeness (QED) is 0.896. The largest absolute Gasteiger partial charge is 0.506 e. The molecule has 132 valence electrons. The highest BCUT2D eigenvalue weighted by Crippen LogP contribution is 2.28. The summed E-state index contributed by atoms with van der Waals surface area (Å²) in [7, 11) is 0. The second-order valence-electron chi connectivity index (χ2n) is 6.69. The van der Waals surface area contributed by atoms with Gasteiger partial charge in [-0.2, -0.15) is 0 Å². The van der Waals surface area contributed by atoms with E-state index in [1.807, 2.05) is 0 Å². The van der Waals surface area contributed by atoms with Gasteiger partial charge in [0.2, 0.25) is 0 Å². The average Bonchev–Trinajstić information content (AvgIpc) is 3.15. The molecule has 3 rings (SSSR count). The van der Waals surface area contributed by atoms with Gasteiger partial charge in [0.1, 0.15) is 11.4 Å². The van der Waals surface area contributed by atoms with Crippen molar-refractivity contribution in [3.8, 4) is 5.75 Å². The van der Waals surface area contributed by atoms with Gasteiger partial charge in [-0.05, 0) is 56.6 Å². The smallest absolute Gasteiger partial charge is 0.409 e. The van der Waals surface area contributed by atoms with Crippen molar-refractivity contribution >= 4 is 6.09 Å². The van der Waals surface area contributed by atoms with Crippen molar-refractivity contribution in [2.24, 2.45) is 5.92 Å². The van der Waals surface area contributed by atoms with Crippen molar-refractivity contribution < 1.29 is 19.4 Å². The fourth-order valence-electron chi connectivity index (χ4n) is 3.38. The molecule has 2 aliphatic rings. The Morgan fingerprint density at radius 1 is 1.25 bits per heavy atom. The topological polar surface area (TPSA) is 71.9 Å². The van der Waals surface area contributed by atoms with E-state index < -0.39 is 0 Å². The number of ether oxygens (including phenoxy) is 2. The summed E-state index contributed by atoms with van der Waals surface area (Å²) in [5, 5.41) is 9.70. The maximum Gasteiger partial charge on any atom is 0.409 e. The number of rotatable bonds is 5. The van der Waals surface area contributed by atoms with Gasteiger partial charge in [-0.15, -0.1) is 0 Å². The molecule has 6 heteroatoms. The van der Waals surface area contributed by atoms with Crippen LogP contribution in [0.25, 0.3) is 0 Å². The summed E-state index contributed by atoms with van der Waals surface area (Å²) in [5.74, 6) is 0.611. The molecule has 1 saturated heterocycles. The molecule has 1 aromatic heterocycles. The number of hydrogen-bond donors (Lipinski definition) is 1. The Morgan fingerprint density at radius 3 is 2.71 bits per heavy atom. The number of pyridine rings is 1. The Bertz CT molecular complexity index is 538. The van der Waals surface area contributed by atoms with Crippen molar-refractivity contribution in [2.45, 2.75) is 51.2 Å². The molecule has 2 heterocycles. The number of carbonyl (C=O) groups is 1. The van der Waals surface area contributed by atoms with Crippen LogP contribution in [0.4, 0.5) is 4.79 Å². The summed E-state index contributed by atoms with van der Waals surface area (Å²) >= 11 is 0. The highest BCUT2D eigenvalue weighted by atomic mass is 16.6.